The van der Waals surface area contributed by atoms with Crippen molar-refractivity contribution < 1.29 is 9.47 Å². The molecule has 146 valence electrons. The summed E-state index contributed by atoms with van der Waals surface area (Å²) in [7, 11) is 3.22. The summed E-state index contributed by atoms with van der Waals surface area (Å²) in [4.78, 5) is 4.61. The molecule has 0 bridgehead atoms. The summed E-state index contributed by atoms with van der Waals surface area (Å²) in [6, 6.07) is 14.7. The Kier molecular flexibility index (Phi) is 7.35. The molecular formula is C21H28IN3O2. The zero-order valence-corrected chi connectivity index (χ0v) is 18.6. The molecule has 3 rings (SSSR count). The summed E-state index contributed by atoms with van der Waals surface area (Å²) in [5.74, 6) is 2.77. The van der Waals surface area contributed by atoms with E-state index in [0.29, 0.717) is 29.3 Å². The Morgan fingerprint density at radius 3 is 2.33 bits per heavy atom. The fourth-order valence-electron chi connectivity index (χ4n) is 3.08. The van der Waals surface area contributed by atoms with Gasteiger partial charge in [-0.25, -0.2) is 4.99 Å². The zero-order valence-electron chi connectivity index (χ0n) is 16.2. The Morgan fingerprint density at radius 2 is 1.74 bits per heavy atom. The van der Waals surface area contributed by atoms with Gasteiger partial charge in [-0.2, -0.15) is 0 Å². The molecule has 3 N–H and O–H groups in total. The molecule has 1 aliphatic carbocycles. The molecule has 0 heterocycles. The number of benzene rings is 2. The van der Waals surface area contributed by atoms with Gasteiger partial charge < -0.3 is 20.5 Å². The first-order valence-corrected chi connectivity index (χ1v) is 8.94. The van der Waals surface area contributed by atoms with Gasteiger partial charge in [0, 0.05) is 17.7 Å². The van der Waals surface area contributed by atoms with Crippen molar-refractivity contribution in [2.45, 2.75) is 38.1 Å². The Hall–Kier alpha value is -1.96. The van der Waals surface area contributed by atoms with Gasteiger partial charge in [0.05, 0.1) is 20.3 Å². The molecular weight excluding hydrogens is 453 g/mol. The van der Waals surface area contributed by atoms with Crippen LogP contribution in [0.25, 0.3) is 0 Å². The average Bonchev–Trinajstić information content (AvgIpc) is 3.40. The number of guanidine groups is 1. The largest absolute Gasteiger partial charge is 0.493 e. The lowest BCUT2D eigenvalue weighted by Gasteiger charge is -2.11. The Bertz CT molecular complexity index is 791. The molecule has 2 aromatic rings. The summed E-state index contributed by atoms with van der Waals surface area (Å²) >= 11 is 0. The number of hydrogen-bond donors (Lipinski definition) is 2. The van der Waals surface area contributed by atoms with Crippen LogP contribution >= 0.6 is 24.0 Å². The summed E-state index contributed by atoms with van der Waals surface area (Å²) < 4.78 is 10.6. The van der Waals surface area contributed by atoms with Crippen LogP contribution in [0.15, 0.2) is 47.5 Å². The van der Waals surface area contributed by atoms with Crippen molar-refractivity contribution >= 4 is 35.6 Å². The first-order chi connectivity index (χ1) is 12.5. The maximum Gasteiger partial charge on any atom is 0.193 e. The van der Waals surface area contributed by atoms with E-state index in [1.807, 2.05) is 18.2 Å². The van der Waals surface area contributed by atoms with Crippen molar-refractivity contribution in [3.63, 3.8) is 0 Å². The number of hydrogen-bond acceptors (Lipinski definition) is 3. The van der Waals surface area contributed by atoms with Gasteiger partial charge in [-0.1, -0.05) is 38.1 Å². The van der Waals surface area contributed by atoms with Gasteiger partial charge in [-0.05, 0) is 35.6 Å². The minimum absolute atomic E-state index is 0. The van der Waals surface area contributed by atoms with Crippen molar-refractivity contribution in [1.29, 1.82) is 0 Å². The van der Waals surface area contributed by atoms with Gasteiger partial charge in [0.15, 0.2) is 17.5 Å². The van der Waals surface area contributed by atoms with E-state index in [9.17, 15) is 0 Å². The second-order valence-electron chi connectivity index (χ2n) is 6.94. The van der Waals surface area contributed by atoms with E-state index in [-0.39, 0.29) is 30.0 Å². The molecule has 2 unspecified atom stereocenters. The predicted octanol–water partition coefficient (Wildman–Crippen LogP) is 4.73. The van der Waals surface area contributed by atoms with Crippen LogP contribution in [0, 0.1) is 0 Å². The second-order valence-corrected chi connectivity index (χ2v) is 6.94. The Labute approximate surface area is 178 Å². The number of aliphatic imine (C=N–C) groups is 1. The third kappa shape index (κ3) is 5.28. The lowest BCUT2D eigenvalue weighted by atomic mass is 10.0. The summed E-state index contributed by atoms with van der Waals surface area (Å²) in [5, 5.41) is 3.13. The Balaban J connectivity index is 0.00000261. The van der Waals surface area contributed by atoms with Crippen LogP contribution < -0.4 is 20.5 Å². The molecule has 2 atom stereocenters. The molecule has 6 heteroatoms. The van der Waals surface area contributed by atoms with Crippen LogP contribution in [0.5, 0.6) is 11.5 Å². The predicted molar refractivity (Wildman–Crippen MR) is 122 cm³/mol. The van der Waals surface area contributed by atoms with Crippen molar-refractivity contribution in [3.05, 3.63) is 53.6 Å². The highest BCUT2D eigenvalue weighted by atomic mass is 127. The molecule has 0 aromatic heterocycles. The van der Waals surface area contributed by atoms with E-state index in [1.54, 1.807) is 14.2 Å². The highest BCUT2D eigenvalue weighted by Gasteiger charge is 2.38. The van der Waals surface area contributed by atoms with E-state index < -0.39 is 0 Å². The topological polar surface area (TPSA) is 68.9 Å². The average molecular weight is 481 g/mol. The fourth-order valence-corrected chi connectivity index (χ4v) is 3.08. The standard InChI is InChI=1S/C21H27N3O2.HI/c1-13(2)14-5-7-15(8-6-14)17-12-18(17)24-21(22)23-16-9-10-19(25-3)20(11-16)26-4;/h5-11,13,17-18H,12H2,1-4H3,(H3,22,23,24);1H. The first kappa shape index (κ1) is 21.3. The van der Waals surface area contributed by atoms with Crippen molar-refractivity contribution in [2.75, 3.05) is 19.5 Å². The van der Waals surface area contributed by atoms with Crippen LogP contribution in [0.3, 0.4) is 0 Å². The molecule has 27 heavy (non-hydrogen) atoms. The summed E-state index contributed by atoms with van der Waals surface area (Å²) in [5.41, 5.74) is 9.60. The monoisotopic (exact) mass is 481 g/mol. The molecule has 0 radical (unpaired) electrons. The summed E-state index contributed by atoms with van der Waals surface area (Å²) in [6.07, 6.45) is 1.04. The zero-order chi connectivity index (χ0) is 18.7. The number of rotatable bonds is 6. The number of nitrogens with one attached hydrogen (secondary N) is 1. The number of methoxy groups -OCH3 is 2. The van der Waals surface area contributed by atoms with Crippen molar-refractivity contribution in [2.24, 2.45) is 10.7 Å². The van der Waals surface area contributed by atoms with E-state index >= 15 is 0 Å². The SMILES string of the molecule is COc1ccc(NC(N)=NC2CC2c2ccc(C(C)C)cc2)cc1OC.I. The molecule has 0 saturated heterocycles. The smallest absolute Gasteiger partial charge is 0.193 e. The normalized spacial score (nSPS) is 18.6. The molecule has 0 aliphatic heterocycles. The highest BCUT2D eigenvalue weighted by Crippen LogP contribution is 2.43. The van der Waals surface area contributed by atoms with E-state index in [2.05, 4.69) is 48.4 Å². The molecule has 1 aliphatic rings. The maximum absolute atomic E-state index is 6.08. The molecule has 0 spiro atoms. The van der Waals surface area contributed by atoms with Crippen LogP contribution in [0.2, 0.25) is 0 Å². The van der Waals surface area contributed by atoms with Crippen molar-refractivity contribution in [3.8, 4) is 11.5 Å². The van der Waals surface area contributed by atoms with Gasteiger partial charge in [0.2, 0.25) is 0 Å². The molecule has 2 aromatic carbocycles. The third-order valence-electron chi connectivity index (χ3n) is 4.75. The van der Waals surface area contributed by atoms with Gasteiger partial charge in [-0.15, -0.1) is 24.0 Å². The first-order valence-electron chi connectivity index (χ1n) is 8.94. The van der Waals surface area contributed by atoms with Crippen LogP contribution in [0.4, 0.5) is 5.69 Å². The molecule has 0 amide bonds. The highest BCUT2D eigenvalue weighted by molar-refractivity contribution is 14.0. The quantitative estimate of drug-likeness (QED) is 0.356. The minimum atomic E-state index is 0. The van der Waals surface area contributed by atoms with E-state index in [0.717, 1.165) is 12.1 Å². The number of ether oxygens (including phenoxy) is 2. The van der Waals surface area contributed by atoms with Crippen LogP contribution in [0.1, 0.15) is 43.2 Å². The van der Waals surface area contributed by atoms with Crippen LogP contribution in [-0.2, 0) is 0 Å². The lowest BCUT2D eigenvalue weighted by molar-refractivity contribution is 0.355. The van der Waals surface area contributed by atoms with Gasteiger partial charge in [0.1, 0.15) is 0 Å². The molecule has 1 saturated carbocycles. The molecule has 5 nitrogen and oxygen atoms in total. The number of anilines is 1. The second kappa shape index (κ2) is 9.30. The van der Waals surface area contributed by atoms with Crippen molar-refractivity contribution in [1.82, 2.24) is 0 Å². The molecule has 1 fully saturated rings. The fraction of sp³-hybridized carbons (Fsp3) is 0.381. The van der Waals surface area contributed by atoms with Gasteiger partial charge in [0.25, 0.3) is 0 Å². The van der Waals surface area contributed by atoms with E-state index in [1.165, 1.54) is 11.1 Å². The minimum Gasteiger partial charge on any atom is -0.493 e. The Morgan fingerprint density at radius 1 is 1.07 bits per heavy atom. The number of halogens is 1. The van der Waals surface area contributed by atoms with Crippen LogP contribution in [-0.4, -0.2) is 26.2 Å². The van der Waals surface area contributed by atoms with Gasteiger partial charge >= 0.3 is 0 Å². The maximum atomic E-state index is 6.08. The number of nitrogens with two attached hydrogens (primary N) is 1. The van der Waals surface area contributed by atoms with Gasteiger partial charge in [-0.3, -0.25) is 0 Å². The third-order valence-corrected chi connectivity index (χ3v) is 4.75. The number of nitrogens with zero attached hydrogens (tertiary/aromatic N) is 1. The van der Waals surface area contributed by atoms with E-state index in [4.69, 9.17) is 15.2 Å². The summed E-state index contributed by atoms with van der Waals surface area (Å²) in [6.45, 7) is 4.42. The lowest BCUT2D eigenvalue weighted by Crippen LogP contribution is -2.23.